The number of nitrogens with zero attached hydrogens (tertiary/aromatic N) is 1. The first-order valence-electron chi connectivity index (χ1n) is 2.93. The molecule has 0 bridgehead atoms. The van der Waals surface area contributed by atoms with Crippen LogP contribution in [0.3, 0.4) is 0 Å². The van der Waals surface area contributed by atoms with Crippen LogP contribution in [0.5, 0.6) is 0 Å². The quantitative estimate of drug-likeness (QED) is 0.703. The van der Waals surface area contributed by atoms with E-state index in [-0.39, 0.29) is 4.87 Å². The summed E-state index contributed by atoms with van der Waals surface area (Å²) >= 11 is 6.59. The van der Waals surface area contributed by atoms with Crippen molar-refractivity contribution in [3.8, 4) is 0 Å². The third-order valence-corrected chi connectivity index (χ3v) is 2.08. The molecule has 0 saturated carbocycles. The Bertz CT molecular complexity index is 244. The van der Waals surface area contributed by atoms with Gasteiger partial charge in [-0.15, -0.1) is 11.6 Å². The summed E-state index contributed by atoms with van der Waals surface area (Å²) in [5.41, 5.74) is 0. The highest BCUT2D eigenvalue weighted by Gasteiger charge is 1.96. The third kappa shape index (κ3) is 2.11. The number of nitrogens with one attached hydrogen (secondary N) is 1. The lowest BCUT2D eigenvalue weighted by Crippen LogP contribution is -1.90. The van der Waals surface area contributed by atoms with Crippen molar-refractivity contribution in [2.24, 2.45) is 0 Å². The average Bonchev–Trinajstić information content (AvgIpc) is 2.31. The Kier molecular flexibility index (Phi) is 2.89. The second-order valence-electron chi connectivity index (χ2n) is 1.80. The van der Waals surface area contributed by atoms with E-state index in [1.54, 1.807) is 0 Å². The first kappa shape index (κ1) is 7.75. The smallest absolute Gasteiger partial charge is 0.255 e. The summed E-state index contributed by atoms with van der Waals surface area (Å²) in [6.45, 7) is 0. The molecular formula is C5H7ClN2OS. The highest BCUT2D eigenvalue weighted by Crippen LogP contribution is 2.00. The summed E-state index contributed by atoms with van der Waals surface area (Å²) in [5, 5.41) is 6.96. The highest BCUT2D eigenvalue weighted by molar-refractivity contribution is 7.08. The fourth-order valence-corrected chi connectivity index (χ4v) is 1.36. The van der Waals surface area contributed by atoms with E-state index >= 15 is 0 Å². The second kappa shape index (κ2) is 3.73. The SMILES string of the molecule is O=c1[nH]nc(CCCCl)s1. The standard InChI is InChI=1S/C5H7ClN2OS/c6-3-1-2-4-7-8-5(9)10-4/h1-3H2,(H,8,9). The summed E-state index contributed by atoms with van der Waals surface area (Å²) < 4.78 is 0. The second-order valence-corrected chi connectivity index (χ2v) is 3.22. The molecule has 0 aliphatic carbocycles. The lowest BCUT2D eigenvalue weighted by atomic mass is 10.4. The minimum absolute atomic E-state index is 0.0930. The molecule has 0 fully saturated rings. The van der Waals surface area contributed by atoms with Gasteiger partial charge in [-0.3, -0.25) is 4.79 Å². The minimum atomic E-state index is -0.0930. The van der Waals surface area contributed by atoms with Gasteiger partial charge in [0.1, 0.15) is 5.01 Å². The molecule has 0 spiro atoms. The molecule has 10 heavy (non-hydrogen) atoms. The van der Waals surface area contributed by atoms with Gasteiger partial charge < -0.3 is 0 Å². The van der Waals surface area contributed by atoms with Gasteiger partial charge in [0.2, 0.25) is 0 Å². The number of aromatic nitrogens is 2. The number of hydrogen-bond acceptors (Lipinski definition) is 3. The molecule has 0 atom stereocenters. The van der Waals surface area contributed by atoms with Gasteiger partial charge in [0.15, 0.2) is 0 Å². The molecule has 1 aromatic heterocycles. The molecule has 0 saturated heterocycles. The van der Waals surface area contributed by atoms with E-state index in [0.717, 1.165) is 29.2 Å². The van der Waals surface area contributed by atoms with Crippen LogP contribution >= 0.6 is 22.9 Å². The van der Waals surface area contributed by atoms with E-state index < -0.39 is 0 Å². The Labute approximate surface area is 67.0 Å². The van der Waals surface area contributed by atoms with Crippen LogP contribution in [0.4, 0.5) is 0 Å². The molecule has 0 aliphatic rings. The van der Waals surface area contributed by atoms with E-state index in [2.05, 4.69) is 10.2 Å². The van der Waals surface area contributed by atoms with Gasteiger partial charge in [0, 0.05) is 12.3 Å². The van der Waals surface area contributed by atoms with Crippen LogP contribution in [-0.2, 0) is 6.42 Å². The Morgan fingerprint density at radius 1 is 1.70 bits per heavy atom. The summed E-state index contributed by atoms with van der Waals surface area (Å²) in [4.78, 5) is 10.4. The van der Waals surface area contributed by atoms with Gasteiger partial charge in [-0.25, -0.2) is 5.10 Å². The maximum atomic E-state index is 10.5. The van der Waals surface area contributed by atoms with E-state index in [9.17, 15) is 4.79 Å². The minimum Gasteiger partial charge on any atom is -0.255 e. The molecule has 0 amide bonds. The van der Waals surface area contributed by atoms with Crippen LogP contribution in [0.2, 0.25) is 0 Å². The summed E-state index contributed by atoms with van der Waals surface area (Å²) in [6.07, 6.45) is 1.68. The molecule has 0 aliphatic heterocycles. The number of rotatable bonds is 3. The van der Waals surface area contributed by atoms with Crippen molar-refractivity contribution in [1.82, 2.24) is 10.2 Å². The normalized spacial score (nSPS) is 10.1. The number of alkyl halides is 1. The maximum absolute atomic E-state index is 10.5. The molecule has 1 N–H and O–H groups in total. The molecule has 5 heteroatoms. The molecule has 56 valence electrons. The van der Waals surface area contributed by atoms with E-state index in [0.29, 0.717) is 5.88 Å². The van der Waals surface area contributed by atoms with Gasteiger partial charge in [0.05, 0.1) is 0 Å². The lowest BCUT2D eigenvalue weighted by molar-refractivity contribution is 0.879. The Hall–Kier alpha value is -0.350. The van der Waals surface area contributed by atoms with E-state index in [1.165, 1.54) is 0 Å². The predicted molar refractivity (Wildman–Crippen MR) is 41.8 cm³/mol. The zero-order valence-electron chi connectivity index (χ0n) is 5.26. The fourth-order valence-electron chi connectivity index (χ4n) is 0.586. The van der Waals surface area contributed by atoms with Gasteiger partial charge in [-0.1, -0.05) is 11.3 Å². The van der Waals surface area contributed by atoms with Crippen molar-refractivity contribution in [3.05, 3.63) is 14.7 Å². The van der Waals surface area contributed by atoms with E-state index in [1.807, 2.05) is 0 Å². The Morgan fingerprint density at radius 2 is 2.50 bits per heavy atom. The number of aryl methyl sites for hydroxylation is 1. The molecule has 0 radical (unpaired) electrons. The fraction of sp³-hybridized carbons (Fsp3) is 0.600. The van der Waals surface area contributed by atoms with Crippen molar-refractivity contribution in [3.63, 3.8) is 0 Å². The zero-order chi connectivity index (χ0) is 7.40. The maximum Gasteiger partial charge on any atom is 0.322 e. The first-order valence-corrected chi connectivity index (χ1v) is 4.28. The van der Waals surface area contributed by atoms with Crippen LogP contribution in [0.1, 0.15) is 11.4 Å². The van der Waals surface area contributed by atoms with Crippen molar-refractivity contribution in [2.45, 2.75) is 12.8 Å². The van der Waals surface area contributed by atoms with Crippen LogP contribution in [0.25, 0.3) is 0 Å². The summed E-state index contributed by atoms with van der Waals surface area (Å²) in [5.74, 6) is 0.619. The van der Waals surface area contributed by atoms with Crippen LogP contribution in [0.15, 0.2) is 4.79 Å². The number of hydrogen-bond donors (Lipinski definition) is 1. The predicted octanol–water partition coefficient (Wildman–Crippen LogP) is 1.00. The number of H-pyrrole nitrogens is 1. The monoisotopic (exact) mass is 178 g/mol. The van der Waals surface area contributed by atoms with Crippen molar-refractivity contribution in [1.29, 1.82) is 0 Å². The van der Waals surface area contributed by atoms with Crippen LogP contribution in [0, 0.1) is 0 Å². The molecular weight excluding hydrogens is 172 g/mol. The first-order chi connectivity index (χ1) is 4.83. The zero-order valence-corrected chi connectivity index (χ0v) is 6.84. The van der Waals surface area contributed by atoms with Crippen molar-refractivity contribution >= 4 is 22.9 Å². The van der Waals surface area contributed by atoms with Gasteiger partial charge in [-0.05, 0) is 6.42 Å². The number of aromatic amines is 1. The third-order valence-electron chi connectivity index (χ3n) is 1.01. The molecule has 1 aromatic rings. The lowest BCUT2D eigenvalue weighted by Gasteiger charge is -1.86. The van der Waals surface area contributed by atoms with Crippen LogP contribution < -0.4 is 4.87 Å². The summed E-state index contributed by atoms with van der Waals surface area (Å²) in [6, 6.07) is 0. The largest absolute Gasteiger partial charge is 0.322 e. The summed E-state index contributed by atoms with van der Waals surface area (Å²) in [7, 11) is 0. The molecule has 1 rings (SSSR count). The molecule has 3 nitrogen and oxygen atoms in total. The van der Waals surface area contributed by atoms with E-state index in [4.69, 9.17) is 11.6 Å². The topological polar surface area (TPSA) is 45.8 Å². The molecule has 0 unspecified atom stereocenters. The Balaban J connectivity index is 2.50. The van der Waals surface area contributed by atoms with Gasteiger partial charge in [-0.2, -0.15) is 5.10 Å². The van der Waals surface area contributed by atoms with Crippen LogP contribution in [-0.4, -0.2) is 16.1 Å². The van der Waals surface area contributed by atoms with Crippen molar-refractivity contribution in [2.75, 3.05) is 5.88 Å². The Morgan fingerprint density at radius 3 is 3.00 bits per heavy atom. The molecule has 0 aromatic carbocycles. The number of halogens is 1. The average molecular weight is 179 g/mol. The van der Waals surface area contributed by atoms with Gasteiger partial charge >= 0.3 is 4.87 Å². The highest BCUT2D eigenvalue weighted by atomic mass is 35.5. The van der Waals surface area contributed by atoms with Crippen molar-refractivity contribution < 1.29 is 0 Å². The molecule has 1 heterocycles. The van der Waals surface area contributed by atoms with Gasteiger partial charge in [0.25, 0.3) is 0 Å².